The third kappa shape index (κ3) is 5.20. The molecule has 4 heterocycles. The fourth-order valence-corrected chi connectivity index (χ4v) is 4.41. The molecule has 0 atom stereocenters. The van der Waals surface area contributed by atoms with E-state index in [4.69, 9.17) is 4.74 Å². The van der Waals surface area contributed by atoms with E-state index in [1.165, 1.54) is 18.4 Å². The molecule has 36 heavy (non-hydrogen) atoms. The number of halogens is 3. The van der Waals surface area contributed by atoms with Crippen molar-refractivity contribution in [2.24, 2.45) is 0 Å². The second-order valence-electron chi connectivity index (χ2n) is 8.98. The van der Waals surface area contributed by atoms with E-state index >= 15 is 0 Å². The van der Waals surface area contributed by atoms with Gasteiger partial charge in [0.2, 0.25) is 5.91 Å². The number of carbonyl (C=O) groups excluding carboxylic acids is 1. The molecule has 3 aromatic heterocycles. The summed E-state index contributed by atoms with van der Waals surface area (Å²) in [5.41, 5.74) is -0.951. The first kappa shape index (κ1) is 24.2. The average molecular weight is 506 g/mol. The molecule has 10 nitrogen and oxygen atoms in total. The van der Waals surface area contributed by atoms with E-state index in [1.54, 1.807) is 4.90 Å². The Kier molecular flexibility index (Phi) is 6.65. The molecule has 5 rings (SSSR count). The predicted octanol–water partition coefficient (Wildman–Crippen LogP) is 2.17. The zero-order valence-electron chi connectivity index (χ0n) is 19.5. The van der Waals surface area contributed by atoms with Crippen LogP contribution in [0, 0.1) is 0 Å². The lowest BCUT2D eigenvalue weighted by Gasteiger charge is -2.35. The second kappa shape index (κ2) is 9.88. The highest BCUT2D eigenvalue weighted by atomic mass is 19.4. The van der Waals surface area contributed by atoms with Crippen LogP contribution in [0.5, 0.6) is 0 Å². The molecule has 13 heteroatoms. The number of fused-ring (bicyclic) bond motifs is 1. The number of rotatable bonds is 8. The Morgan fingerprint density at radius 2 is 1.89 bits per heavy atom. The molecular formula is C23H26F3N7O3. The van der Waals surface area contributed by atoms with Gasteiger partial charge in [-0.3, -0.25) is 14.3 Å². The topological polar surface area (TPSA) is 109 Å². The SMILES string of the molecule is O=C(CCOCCn1nc(C(F)(F)F)c2c(=O)[nH]ncc21)N1CCN(c2ccc(C3CC3)cn2)CC1. The summed E-state index contributed by atoms with van der Waals surface area (Å²) in [6.07, 6.45) is 0.951. The minimum Gasteiger partial charge on any atom is -0.379 e. The van der Waals surface area contributed by atoms with Gasteiger partial charge in [-0.15, -0.1) is 0 Å². The Bertz CT molecular complexity index is 1280. The highest BCUT2D eigenvalue weighted by Gasteiger charge is 2.38. The number of ether oxygens (including phenoxy) is 1. The number of pyridine rings is 1. The van der Waals surface area contributed by atoms with Crippen LogP contribution < -0.4 is 10.5 Å². The number of hydrogen-bond acceptors (Lipinski definition) is 7. The van der Waals surface area contributed by atoms with Crippen molar-refractivity contribution < 1.29 is 22.7 Å². The van der Waals surface area contributed by atoms with E-state index in [1.807, 2.05) is 17.4 Å². The van der Waals surface area contributed by atoms with E-state index in [-0.39, 0.29) is 37.6 Å². The van der Waals surface area contributed by atoms with Crippen LogP contribution in [0.2, 0.25) is 0 Å². The standard InChI is InChI=1S/C23H26F3N7O3/c24-23(25,26)21-20-17(14-28-29-22(20)35)33(30-21)10-12-36-11-5-19(34)32-8-6-31(7-9-32)18-4-3-16(13-27-18)15-1-2-15/h3-4,13-15H,1-2,5-12H2,(H,29,35). The van der Waals surface area contributed by atoms with Crippen LogP contribution in [0.1, 0.15) is 36.4 Å². The normalized spacial score (nSPS) is 16.6. The van der Waals surface area contributed by atoms with E-state index < -0.39 is 22.8 Å². The third-order valence-corrected chi connectivity index (χ3v) is 6.52. The van der Waals surface area contributed by atoms with Crippen molar-refractivity contribution in [1.82, 2.24) is 29.9 Å². The van der Waals surface area contributed by atoms with E-state index in [9.17, 15) is 22.8 Å². The molecule has 0 unspecified atom stereocenters. The number of carbonyl (C=O) groups is 1. The molecule has 0 radical (unpaired) electrons. The number of hydrogen-bond donors (Lipinski definition) is 1. The highest BCUT2D eigenvalue weighted by Crippen LogP contribution is 2.40. The molecular weight excluding hydrogens is 479 g/mol. The van der Waals surface area contributed by atoms with Crippen molar-refractivity contribution in [1.29, 1.82) is 0 Å². The Labute approximate surface area is 204 Å². The molecule has 1 saturated carbocycles. The largest absolute Gasteiger partial charge is 0.435 e. The molecule has 2 fully saturated rings. The van der Waals surface area contributed by atoms with Gasteiger partial charge in [0.25, 0.3) is 5.56 Å². The van der Waals surface area contributed by atoms with Crippen molar-refractivity contribution in [3.63, 3.8) is 0 Å². The van der Waals surface area contributed by atoms with Gasteiger partial charge in [0.15, 0.2) is 5.69 Å². The van der Waals surface area contributed by atoms with Gasteiger partial charge in [-0.25, -0.2) is 10.1 Å². The van der Waals surface area contributed by atoms with Gasteiger partial charge in [-0.1, -0.05) is 6.07 Å². The number of amides is 1. The summed E-state index contributed by atoms with van der Waals surface area (Å²) >= 11 is 0. The van der Waals surface area contributed by atoms with Crippen LogP contribution in [0.15, 0.2) is 29.3 Å². The molecule has 1 amide bonds. The predicted molar refractivity (Wildman–Crippen MR) is 124 cm³/mol. The molecule has 1 saturated heterocycles. The van der Waals surface area contributed by atoms with Gasteiger partial charge in [-0.05, 0) is 30.4 Å². The summed E-state index contributed by atoms with van der Waals surface area (Å²) in [6, 6.07) is 4.19. The first-order chi connectivity index (χ1) is 17.3. The fourth-order valence-electron chi connectivity index (χ4n) is 4.41. The van der Waals surface area contributed by atoms with Crippen molar-refractivity contribution >= 4 is 22.6 Å². The van der Waals surface area contributed by atoms with Gasteiger partial charge in [0.05, 0.1) is 37.9 Å². The Balaban J connectivity index is 1.06. The molecule has 0 bridgehead atoms. The number of nitrogens with zero attached hydrogens (tertiary/aromatic N) is 6. The molecule has 1 N–H and O–H groups in total. The fraction of sp³-hybridized carbons (Fsp3) is 0.522. The monoisotopic (exact) mass is 505 g/mol. The van der Waals surface area contributed by atoms with Crippen LogP contribution >= 0.6 is 0 Å². The van der Waals surface area contributed by atoms with Gasteiger partial charge < -0.3 is 14.5 Å². The smallest absolute Gasteiger partial charge is 0.379 e. The van der Waals surface area contributed by atoms with Crippen molar-refractivity contribution in [3.8, 4) is 0 Å². The minimum absolute atomic E-state index is 0.0168. The van der Waals surface area contributed by atoms with E-state index in [0.717, 1.165) is 16.7 Å². The third-order valence-electron chi connectivity index (χ3n) is 6.52. The molecule has 1 aliphatic heterocycles. The number of aromatic nitrogens is 5. The van der Waals surface area contributed by atoms with Crippen LogP contribution in [-0.2, 0) is 22.3 Å². The molecule has 192 valence electrons. The molecule has 0 spiro atoms. The quantitative estimate of drug-likeness (QED) is 0.468. The zero-order chi connectivity index (χ0) is 25.3. The van der Waals surface area contributed by atoms with Crippen molar-refractivity contribution in [3.05, 3.63) is 46.1 Å². The molecule has 0 aromatic carbocycles. The number of anilines is 1. The van der Waals surface area contributed by atoms with Crippen LogP contribution in [-0.4, -0.2) is 75.2 Å². The Morgan fingerprint density at radius 1 is 1.11 bits per heavy atom. The second-order valence-corrected chi connectivity index (χ2v) is 8.98. The number of alkyl halides is 3. The maximum Gasteiger partial charge on any atom is 0.435 e. The first-order valence-electron chi connectivity index (χ1n) is 11.9. The summed E-state index contributed by atoms with van der Waals surface area (Å²) < 4.78 is 46.3. The summed E-state index contributed by atoms with van der Waals surface area (Å²) in [5, 5.41) is 8.55. The lowest BCUT2D eigenvalue weighted by atomic mass is 10.2. The van der Waals surface area contributed by atoms with Crippen LogP contribution in [0.25, 0.3) is 10.9 Å². The molecule has 1 aliphatic carbocycles. The molecule has 2 aliphatic rings. The van der Waals surface area contributed by atoms with Gasteiger partial charge in [0, 0.05) is 32.4 Å². The van der Waals surface area contributed by atoms with Gasteiger partial charge in [0.1, 0.15) is 11.2 Å². The minimum atomic E-state index is -4.77. The summed E-state index contributed by atoms with van der Waals surface area (Å²) in [4.78, 5) is 32.9. The number of piperazine rings is 1. The average Bonchev–Trinajstić information content (AvgIpc) is 3.64. The van der Waals surface area contributed by atoms with E-state index in [2.05, 4.69) is 26.1 Å². The Hall–Kier alpha value is -3.48. The maximum absolute atomic E-state index is 13.3. The number of aromatic amines is 1. The van der Waals surface area contributed by atoms with Gasteiger partial charge in [-0.2, -0.15) is 23.4 Å². The Morgan fingerprint density at radius 3 is 2.56 bits per heavy atom. The molecule has 3 aromatic rings. The summed E-state index contributed by atoms with van der Waals surface area (Å²) in [7, 11) is 0. The highest BCUT2D eigenvalue weighted by molar-refractivity contribution is 5.80. The van der Waals surface area contributed by atoms with Crippen molar-refractivity contribution in [2.45, 2.75) is 37.9 Å². The van der Waals surface area contributed by atoms with E-state index in [0.29, 0.717) is 32.1 Å². The van der Waals surface area contributed by atoms with Crippen molar-refractivity contribution in [2.75, 3.05) is 44.3 Å². The maximum atomic E-state index is 13.3. The number of nitrogens with one attached hydrogen (secondary N) is 1. The number of H-pyrrole nitrogens is 1. The van der Waals surface area contributed by atoms with Crippen LogP contribution in [0.3, 0.4) is 0 Å². The van der Waals surface area contributed by atoms with Gasteiger partial charge >= 0.3 is 6.18 Å². The van der Waals surface area contributed by atoms with Crippen LogP contribution in [0.4, 0.5) is 19.0 Å². The summed E-state index contributed by atoms with van der Waals surface area (Å²) in [5.74, 6) is 1.55. The first-order valence-corrected chi connectivity index (χ1v) is 11.9. The summed E-state index contributed by atoms with van der Waals surface area (Å²) in [6.45, 7) is 2.72. The lowest BCUT2D eigenvalue weighted by Crippen LogP contribution is -2.49. The zero-order valence-corrected chi connectivity index (χ0v) is 19.5. The lowest BCUT2D eigenvalue weighted by molar-refractivity contribution is -0.140.